The van der Waals surface area contributed by atoms with Gasteiger partial charge in [0.25, 0.3) is 0 Å². The number of hydrogen-bond donors (Lipinski definition) is 1. The molecule has 116 valence electrons. The van der Waals surface area contributed by atoms with E-state index in [9.17, 15) is 4.79 Å². The van der Waals surface area contributed by atoms with Gasteiger partial charge < -0.3 is 5.73 Å². The Morgan fingerprint density at radius 1 is 1.00 bits per heavy atom. The summed E-state index contributed by atoms with van der Waals surface area (Å²) in [6.07, 6.45) is 7.62. The molecular formula is C15H33NOS2. The minimum absolute atomic E-state index is 0.0273. The van der Waals surface area contributed by atoms with Crippen molar-refractivity contribution >= 4 is 25.8 Å². The van der Waals surface area contributed by atoms with Crippen LogP contribution in [-0.4, -0.2) is 28.4 Å². The monoisotopic (exact) mass is 307 g/mol. The minimum atomic E-state index is -0.711. The van der Waals surface area contributed by atoms with Gasteiger partial charge in [-0.2, -0.15) is 9.06 Å². The third-order valence-electron chi connectivity index (χ3n) is 3.36. The van der Waals surface area contributed by atoms with Crippen molar-refractivity contribution in [1.82, 2.24) is 0 Å². The average molecular weight is 308 g/mol. The first-order chi connectivity index (χ1) is 9.01. The number of carbonyl (C=O) groups is 1. The van der Waals surface area contributed by atoms with Gasteiger partial charge >= 0.3 is 0 Å². The maximum Gasteiger partial charge on any atom is 0.231 e. The van der Waals surface area contributed by atoms with Gasteiger partial charge in [0, 0.05) is 0 Å². The molecule has 0 aromatic rings. The Bertz CT molecular complexity index is 225. The number of primary amides is 1. The van der Waals surface area contributed by atoms with Gasteiger partial charge in [0.15, 0.2) is 0 Å². The van der Waals surface area contributed by atoms with Crippen LogP contribution in [0.1, 0.15) is 66.2 Å². The van der Waals surface area contributed by atoms with Crippen molar-refractivity contribution < 1.29 is 4.79 Å². The first-order valence-corrected chi connectivity index (χ1v) is 11.3. The Labute approximate surface area is 125 Å². The summed E-state index contributed by atoms with van der Waals surface area (Å²) in [6.45, 7) is 8.75. The summed E-state index contributed by atoms with van der Waals surface area (Å²) in [5.41, 5.74) is 5.48. The molecule has 0 radical (unpaired) electrons. The van der Waals surface area contributed by atoms with E-state index in [2.05, 4.69) is 20.8 Å². The first kappa shape index (κ1) is 19.2. The number of nitrogens with two attached hydrogens (primary N) is 1. The summed E-state index contributed by atoms with van der Waals surface area (Å²) in [5.74, 6) is 3.79. The van der Waals surface area contributed by atoms with Crippen LogP contribution in [0.5, 0.6) is 0 Å². The van der Waals surface area contributed by atoms with Crippen molar-refractivity contribution in [2.75, 3.05) is 17.3 Å². The lowest BCUT2D eigenvalue weighted by molar-refractivity contribution is -0.117. The number of unbranched alkanes of at least 4 members (excludes halogenated alkanes) is 3. The molecule has 0 aliphatic rings. The van der Waals surface area contributed by atoms with Crippen LogP contribution in [0.25, 0.3) is 0 Å². The fourth-order valence-corrected chi connectivity index (χ4v) is 10.1. The molecule has 1 atom stereocenters. The maximum absolute atomic E-state index is 11.4. The molecule has 0 aromatic heterocycles. The highest BCUT2D eigenvalue weighted by atomic mass is 33.2. The average Bonchev–Trinajstić information content (AvgIpc) is 2.40. The highest BCUT2D eigenvalue weighted by molar-refractivity contribution is 8.94. The smallest absolute Gasteiger partial charge is 0.231 e. The summed E-state index contributed by atoms with van der Waals surface area (Å²) < 4.78 is 0. The lowest BCUT2D eigenvalue weighted by Gasteiger charge is -2.41. The van der Waals surface area contributed by atoms with E-state index < -0.39 is 9.06 Å². The molecule has 0 bridgehead atoms. The van der Waals surface area contributed by atoms with Gasteiger partial charge in [-0.1, -0.05) is 40.0 Å². The fraction of sp³-hybridized carbons (Fsp3) is 0.933. The predicted molar refractivity (Wildman–Crippen MR) is 93.2 cm³/mol. The molecule has 0 aliphatic heterocycles. The van der Waals surface area contributed by atoms with Gasteiger partial charge in [-0.25, -0.2) is 0 Å². The first-order valence-electron chi connectivity index (χ1n) is 7.75. The van der Waals surface area contributed by atoms with E-state index in [1.165, 1.54) is 55.8 Å². The van der Waals surface area contributed by atoms with E-state index in [1.807, 2.05) is 17.7 Å². The van der Waals surface area contributed by atoms with E-state index in [0.29, 0.717) is 0 Å². The van der Waals surface area contributed by atoms with Crippen molar-refractivity contribution in [2.45, 2.75) is 71.5 Å². The molecule has 4 heteroatoms. The van der Waals surface area contributed by atoms with Crippen LogP contribution in [0.15, 0.2) is 0 Å². The standard InChI is InChI=1S/C15H33NOS2/c1-5-8-11-19(12-9-6-2,13-10-7-3)18-14(4)15(16)17/h14H,5-13H2,1-4H3,(H2,16,17). The molecule has 1 unspecified atom stereocenters. The van der Waals surface area contributed by atoms with Crippen molar-refractivity contribution in [3.05, 3.63) is 0 Å². The second-order valence-corrected chi connectivity index (χ2v) is 12.0. The highest BCUT2D eigenvalue weighted by Gasteiger charge is 2.27. The Morgan fingerprint density at radius 2 is 1.37 bits per heavy atom. The number of rotatable bonds is 12. The largest absolute Gasteiger partial charge is 0.369 e. The molecule has 0 spiro atoms. The third-order valence-corrected chi connectivity index (χ3v) is 11.0. The molecular weight excluding hydrogens is 274 g/mol. The zero-order valence-corrected chi connectivity index (χ0v) is 14.9. The molecule has 0 aliphatic carbocycles. The second kappa shape index (κ2) is 10.9. The molecule has 2 N–H and O–H groups in total. The highest BCUT2D eigenvalue weighted by Crippen LogP contribution is 2.63. The molecule has 0 rings (SSSR count). The lowest BCUT2D eigenvalue weighted by Crippen LogP contribution is -2.25. The molecule has 0 saturated heterocycles. The summed E-state index contributed by atoms with van der Waals surface area (Å²) in [5, 5.41) is -0.0273. The van der Waals surface area contributed by atoms with Crippen LogP contribution in [0.2, 0.25) is 0 Å². The van der Waals surface area contributed by atoms with Crippen LogP contribution in [0, 0.1) is 0 Å². The minimum Gasteiger partial charge on any atom is -0.369 e. The number of hydrogen-bond acceptors (Lipinski definition) is 2. The predicted octanol–water partition coefficient (Wildman–Crippen LogP) is 4.71. The molecule has 1 amide bonds. The molecule has 0 heterocycles. The van der Waals surface area contributed by atoms with Gasteiger partial charge in [0.1, 0.15) is 0 Å². The van der Waals surface area contributed by atoms with E-state index >= 15 is 0 Å². The van der Waals surface area contributed by atoms with Crippen LogP contribution in [0.4, 0.5) is 0 Å². The molecule has 0 aromatic carbocycles. The summed E-state index contributed by atoms with van der Waals surface area (Å²) in [6, 6.07) is 0. The van der Waals surface area contributed by atoms with Gasteiger partial charge in [-0.15, -0.1) is 10.8 Å². The fourth-order valence-electron chi connectivity index (χ4n) is 2.03. The van der Waals surface area contributed by atoms with Crippen LogP contribution >= 0.6 is 19.9 Å². The SMILES string of the molecule is CCCCS(CCCC)(CCCC)SC(C)C(N)=O. The van der Waals surface area contributed by atoms with Crippen molar-refractivity contribution in [3.8, 4) is 0 Å². The van der Waals surface area contributed by atoms with Crippen molar-refractivity contribution in [1.29, 1.82) is 0 Å². The maximum atomic E-state index is 11.4. The zero-order valence-electron chi connectivity index (χ0n) is 13.2. The Kier molecular flexibility index (Phi) is 11.0. The van der Waals surface area contributed by atoms with Crippen LogP contribution in [-0.2, 0) is 4.79 Å². The van der Waals surface area contributed by atoms with E-state index in [1.54, 1.807) is 0 Å². The Morgan fingerprint density at radius 3 is 1.63 bits per heavy atom. The number of amides is 1. The van der Waals surface area contributed by atoms with Gasteiger partial charge in [0.2, 0.25) is 5.91 Å². The van der Waals surface area contributed by atoms with Gasteiger partial charge in [-0.05, 0) is 43.4 Å². The van der Waals surface area contributed by atoms with Crippen LogP contribution in [0.3, 0.4) is 0 Å². The van der Waals surface area contributed by atoms with Crippen LogP contribution < -0.4 is 5.73 Å². The lowest BCUT2D eigenvalue weighted by atomic mass is 10.4. The number of carbonyl (C=O) groups excluding carboxylic acids is 1. The zero-order chi connectivity index (χ0) is 14.7. The topological polar surface area (TPSA) is 43.1 Å². The summed E-state index contributed by atoms with van der Waals surface area (Å²) >= 11 is 0. The summed E-state index contributed by atoms with van der Waals surface area (Å²) in [7, 11) is 1.22. The Hall–Kier alpha value is 0.170. The van der Waals surface area contributed by atoms with E-state index in [4.69, 9.17) is 5.73 Å². The second-order valence-electron chi connectivity index (χ2n) is 5.28. The van der Waals surface area contributed by atoms with Gasteiger partial charge in [0.05, 0.1) is 5.25 Å². The van der Waals surface area contributed by atoms with Gasteiger partial charge in [-0.3, -0.25) is 4.79 Å². The molecule has 0 fully saturated rings. The molecule has 19 heavy (non-hydrogen) atoms. The molecule has 2 nitrogen and oxygen atoms in total. The van der Waals surface area contributed by atoms with E-state index in [0.717, 1.165) is 0 Å². The quantitative estimate of drug-likeness (QED) is 0.530. The van der Waals surface area contributed by atoms with Crippen molar-refractivity contribution in [3.63, 3.8) is 0 Å². The summed E-state index contributed by atoms with van der Waals surface area (Å²) in [4.78, 5) is 11.4. The third kappa shape index (κ3) is 8.13. The molecule has 0 saturated carbocycles. The Balaban J connectivity index is 4.80. The van der Waals surface area contributed by atoms with E-state index in [-0.39, 0.29) is 11.2 Å². The normalized spacial score (nSPS) is 14.3. The van der Waals surface area contributed by atoms with Crippen molar-refractivity contribution in [2.24, 2.45) is 5.73 Å².